The Kier molecular flexibility index (Phi) is 7.65. The van der Waals surface area contributed by atoms with Crippen molar-refractivity contribution in [2.24, 2.45) is 0 Å². The normalized spacial score (nSPS) is 12.4. The summed E-state index contributed by atoms with van der Waals surface area (Å²) in [5, 5.41) is 4.02. The molecule has 0 amide bonds. The largest absolute Gasteiger partial charge is 0.457 e. The first-order valence-corrected chi connectivity index (χ1v) is 19.6. The van der Waals surface area contributed by atoms with Gasteiger partial charge in [0.05, 0.1) is 45.8 Å². The predicted molar refractivity (Wildman–Crippen MR) is 240 cm³/mol. The standard InChI is InChI=1S/C52H36N6O2/c1-33-15-21-47-43(25-33)41-19-17-39(29-49(41)57(47)51-13-3-5-23-53-51)59-37-11-7-9-35(27-37)45-31-56-46(32-55-45)36-10-8-12-38(28-36)60-40-18-20-42-44-26-34(2)16-22-48(44)58(50(42)30-40)52-14-4-6-24-54-52/h3-32H,1-2H3/i1D3. The Hall–Kier alpha value is -8.10. The third-order valence-corrected chi connectivity index (χ3v) is 10.8. The van der Waals surface area contributed by atoms with E-state index < -0.39 is 6.85 Å². The first-order chi connectivity index (χ1) is 30.7. The number of aryl methyl sites for hydroxylation is 2. The summed E-state index contributed by atoms with van der Waals surface area (Å²) in [7, 11) is 0. The molecule has 11 rings (SSSR count). The van der Waals surface area contributed by atoms with Crippen LogP contribution < -0.4 is 9.47 Å². The van der Waals surface area contributed by atoms with Crippen LogP contribution in [0.2, 0.25) is 0 Å². The zero-order valence-electron chi connectivity index (χ0n) is 35.3. The Bertz CT molecular complexity index is 3510. The highest BCUT2D eigenvalue weighted by Gasteiger charge is 2.17. The summed E-state index contributed by atoms with van der Waals surface area (Å²) in [6.45, 7) is -0.118. The van der Waals surface area contributed by atoms with E-state index in [2.05, 4.69) is 51.8 Å². The van der Waals surface area contributed by atoms with Gasteiger partial charge in [0.2, 0.25) is 0 Å². The Morgan fingerprint density at radius 2 is 0.917 bits per heavy atom. The number of aromatic nitrogens is 6. The highest BCUT2D eigenvalue weighted by atomic mass is 16.5. The van der Waals surface area contributed by atoms with Crippen molar-refractivity contribution in [1.82, 2.24) is 29.1 Å². The molecule has 11 aromatic rings. The maximum absolute atomic E-state index is 8.00. The first-order valence-electron chi connectivity index (χ1n) is 21.1. The SMILES string of the molecule is [2H]C([2H])([2H])c1ccc2c(c1)c1ccc(Oc3cccc(-c4cnc(-c5cccc(Oc6ccc7c8cc(C)ccc8n(-c8ccccn8)c7c6)c5)cn4)c3)cc1n2-c1ccccn1. The number of nitrogens with zero attached hydrogens (tertiary/aromatic N) is 6. The fraction of sp³-hybridized carbons (Fsp3) is 0.0385. The molecule has 5 aromatic heterocycles. The van der Waals surface area contributed by atoms with Crippen molar-refractivity contribution in [2.75, 3.05) is 0 Å². The summed E-state index contributed by atoms with van der Waals surface area (Å²) in [5.41, 5.74) is 8.40. The van der Waals surface area contributed by atoms with Crippen LogP contribution in [-0.2, 0) is 0 Å². The highest BCUT2D eigenvalue weighted by molar-refractivity contribution is 6.10. The van der Waals surface area contributed by atoms with Crippen molar-refractivity contribution < 1.29 is 13.6 Å². The molecule has 8 nitrogen and oxygen atoms in total. The van der Waals surface area contributed by atoms with Crippen LogP contribution in [0, 0.1) is 13.8 Å². The molecule has 6 aromatic carbocycles. The fourth-order valence-electron chi connectivity index (χ4n) is 8.04. The van der Waals surface area contributed by atoms with Gasteiger partial charge in [0.25, 0.3) is 0 Å². The summed E-state index contributed by atoms with van der Waals surface area (Å²) < 4.78 is 41.1. The zero-order valence-corrected chi connectivity index (χ0v) is 32.3. The van der Waals surface area contributed by atoms with Crippen LogP contribution >= 0.6 is 0 Å². The second kappa shape index (κ2) is 14.4. The summed E-state index contributed by atoms with van der Waals surface area (Å²) >= 11 is 0. The first kappa shape index (κ1) is 31.9. The van der Waals surface area contributed by atoms with Gasteiger partial charge in [-0.3, -0.25) is 19.1 Å². The lowest BCUT2D eigenvalue weighted by Gasteiger charge is -2.11. The fourth-order valence-corrected chi connectivity index (χ4v) is 8.04. The minimum atomic E-state index is -2.23. The van der Waals surface area contributed by atoms with E-state index in [9.17, 15) is 0 Å². The molecule has 0 aliphatic carbocycles. The third-order valence-electron chi connectivity index (χ3n) is 10.8. The van der Waals surface area contributed by atoms with Gasteiger partial charge in [-0.05, 0) is 111 Å². The number of pyridine rings is 2. The molecule has 286 valence electrons. The Labute approximate surface area is 349 Å². The van der Waals surface area contributed by atoms with E-state index in [1.54, 1.807) is 30.7 Å². The molecule has 0 saturated carbocycles. The van der Waals surface area contributed by atoms with E-state index in [0.29, 0.717) is 40.2 Å². The van der Waals surface area contributed by atoms with Gasteiger partial charge in [0, 0.05) is 61.3 Å². The quantitative estimate of drug-likeness (QED) is 0.153. The molecule has 0 saturated heterocycles. The monoisotopic (exact) mass is 779 g/mol. The maximum atomic E-state index is 8.00. The summed E-state index contributed by atoms with van der Waals surface area (Å²) in [6, 6.07) is 51.0. The molecular formula is C52H36N6O2. The van der Waals surface area contributed by atoms with Crippen LogP contribution in [0.3, 0.4) is 0 Å². The Morgan fingerprint density at radius 3 is 1.40 bits per heavy atom. The van der Waals surface area contributed by atoms with E-state index >= 15 is 0 Å². The van der Waals surface area contributed by atoms with E-state index in [0.717, 1.165) is 55.2 Å². The molecule has 0 bridgehead atoms. The number of hydrogen-bond acceptors (Lipinski definition) is 6. The third kappa shape index (κ3) is 6.27. The molecule has 0 atom stereocenters. The average molecular weight is 780 g/mol. The second-order valence-corrected chi connectivity index (χ2v) is 14.7. The van der Waals surface area contributed by atoms with Crippen LogP contribution in [0.15, 0.2) is 183 Å². The minimum Gasteiger partial charge on any atom is -0.457 e. The summed E-state index contributed by atoms with van der Waals surface area (Å²) in [6.07, 6.45) is 7.08. The molecule has 0 aliphatic heterocycles. The molecule has 0 radical (unpaired) electrons. The van der Waals surface area contributed by atoms with Crippen LogP contribution in [-0.4, -0.2) is 29.1 Å². The van der Waals surface area contributed by atoms with Crippen molar-refractivity contribution >= 4 is 43.6 Å². The summed E-state index contributed by atoms with van der Waals surface area (Å²) in [5.74, 6) is 4.19. The lowest BCUT2D eigenvalue weighted by Crippen LogP contribution is -1.96. The molecule has 0 spiro atoms. The van der Waals surface area contributed by atoms with Gasteiger partial charge in [-0.2, -0.15) is 0 Å². The van der Waals surface area contributed by atoms with E-state index in [1.165, 1.54) is 10.9 Å². The molecule has 0 aliphatic rings. The molecule has 0 unspecified atom stereocenters. The van der Waals surface area contributed by atoms with Gasteiger partial charge < -0.3 is 9.47 Å². The molecule has 0 N–H and O–H groups in total. The number of hydrogen-bond donors (Lipinski definition) is 0. The lowest BCUT2D eigenvalue weighted by atomic mass is 10.1. The predicted octanol–water partition coefficient (Wildman–Crippen LogP) is 13.0. The van der Waals surface area contributed by atoms with Crippen molar-refractivity contribution in [3.05, 3.63) is 194 Å². The summed E-state index contributed by atoms with van der Waals surface area (Å²) in [4.78, 5) is 18.9. The number of ether oxygens (including phenoxy) is 2. The van der Waals surface area contributed by atoms with Crippen LogP contribution in [0.1, 0.15) is 15.2 Å². The van der Waals surface area contributed by atoms with Crippen LogP contribution in [0.4, 0.5) is 0 Å². The van der Waals surface area contributed by atoms with Crippen molar-refractivity contribution in [2.45, 2.75) is 13.8 Å². The molecule has 60 heavy (non-hydrogen) atoms. The van der Waals surface area contributed by atoms with Gasteiger partial charge in [-0.15, -0.1) is 0 Å². The lowest BCUT2D eigenvalue weighted by molar-refractivity contribution is 0.483. The molecular weight excluding hydrogens is 741 g/mol. The smallest absolute Gasteiger partial charge is 0.137 e. The second-order valence-electron chi connectivity index (χ2n) is 14.7. The van der Waals surface area contributed by atoms with E-state index in [-0.39, 0.29) is 5.56 Å². The Morgan fingerprint density at radius 1 is 0.417 bits per heavy atom. The van der Waals surface area contributed by atoms with Gasteiger partial charge in [0.1, 0.15) is 34.6 Å². The van der Waals surface area contributed by atoms with Gasteiger partial charge in [-0.1, -0.05) is 59.7 Å². The number of benzene rings is 6. The van der Waals surface area contributed by atoms with Crippen LogP contribution in [0.25, 0.3) is 77.8 Å². The van der Waals surface area contributed by atoms with Gasteiger partial charge in [-0.25, -0.2) is 9.97 Å². The van der Waals surface area contributed by atoms with Crippen molar-refractivity contribution in [3.63, 3.8) is 0 Å². The number of fused-ring (bicyclic) bond motifs is 6. The zero-order chi connectivity index (χ0) is 42.7. The maximum Gasteiger partial charge on any atom is 0.137 e. The minimum absolute atomic E-state index is 0.285. The Balaban J connectivity index is 0.854. The molecule has 5 heterocycles. The average Bonchev–Trinajstić information content (AvgIpc) is 3.80. The van der Waals surface area contributed by atoms with E-state index in [1.807, 2.05) is 126 Å². The topological polar surface area (TPSA) is 79.9 Å². The van der Waals surface area contributed by atoms with Gasteiger partial charge >= 0.3 is 0 Å². The highest BCUT2D eigenvalue weighted by Crippen LogP contribution is 2.38. The van der Waals surface area contributed by atoms with Crippen molar-refractivity contribution in [1.29, 1.82) is 0 Å². The van der Waals surface area contributed by atoms with Crippen molar-refractivity contribution in [3.8, 4) is 57.1 Å². The molecule has 0 fully saturated rings. The van der Waals surface area contributed by atoms with E-state index in [4.69, 9.17) is 23.6 Å². The van der Waals surface area contributed by atoms with Gasteiger partial charge in [0.15, 0.2) is 0 Å². The molecule has 8 heteroatoms. The number of rotatable bonds is 8. The van der Waals surface area contributed by atoms with Crippen LogP contribution in [0.5, 0.6) is 23.0 Å².